The van der Waals surface area contributed by atoms with Crippen LogP contribution in [-0.4, -0.2) is 32.9 Å². The fourth-order valence-corrected chi connectivity index (χ4v) is 1.54. The third-order valence-corrected chi connectivity index (χ3v) is 2.09. The number of rotatable bonds is 3. The molecule has 1 aromatic heterocycles. The Labute approximate surface area is 88.1 Å². The van der Waals surface area contributed by atoms with Crippen LogP contribution in [0.4, 0.5) is 5.13 Å². The molecular formula is C7H7N3O4S. The first-order valence-electron chi connectivity index (χ1n) is 3.73. The highest BCUT2D eigenvalue weighted by atomic mass is 32.1. The van der Waals surface area contributed by atoms with Crippen molar-refractivity contribution in [2.24, 2.45) is 5.16 Å². The lowest BCUT2D eigenvalue weighted by molar-refractivity contribution is -0.129. The predicted molar refractivity (Wildman–Crippen MR) is 52.4 cm³/mol. The van der Waals surface area contributed by atoms with E-state index in [0.29, 0.717) is 0 Å². The highest BCUT2D eigenvalue weighted by Crippen LogP contribution is 2.15. The Bertz CT molecular complexity index is 426. The zero-order valence-electron chi connectivity index (χ0n) is 7.59. The number of thiazole rings is 1. The number of carbonyl (C=O) groups excluding carboxylic acids is 1. The summed E-state index contributed by atoms with van der Waals surface area (Å²) in [6.45, 7) is 1.30. The van der Waals surface area contributed by atoms with Crippen molar-refractivity contribution in [3.05, 3.63) is 11.1 Å². The summed E-state index contributed by atoms with van der Waals surface area (Å²) in [6.07, 6.45) is 0. The Morgan fingerprint density at radius 2 is 2.27 bits per heavy atom. The number of aromatic nitrogens is 1. The van der Waals surface area contributed by atoms with Gasteiger partial charge < -0.3 is 15.6 Å². The summed E-state index contributed by atoms with van der Waals surface area (Å²) in [4.78, 5) is 25.0. The van der Waals surface area contributed by atoms with Gasteiger partial charge in [-0.2, -0.15) is 0 Å². The molecule has 8 heteroatoms. The second kappa shape index (κ2) is 4.51. The second-order valence-electron chi connectivity index (χ2n) is 2.47. The van der Waals surface area contributed by atoms with E-state index in [0.717, 1.165) is 11.3 Å². The maximum absolute atomic E-state index is 10.7. The van der Waals surface area contributed by atoms with Crippen molar-refractivity contribution in [1.29, 1.82) is 0 Å². The van der Waals surface area contributed by atoms with Gasteiger partial charge in [0.05, 0.1) is 0 Å². The van der Waals surface area contributed by atoms with Crippen LogP contribution in [0.15, 0.2) is 10.5 Å². The zero-order valence-corrected chi connectivity index (χ0v) is 8.41. The first-order chi connectivity index (χ1) is 7.04. The standard InChI is InChI=1S/C7H7N3O4S/c1-3(11)8-7-9-4(2-15-7)5(10-14)6(12)13/h2,14H,1H3,(H,12,13)(H,8,9,11). The highest BCUT2D eigenvalue weighted by Gasteiger charge is 2.17. The van der Waals surface area contributed by atoms with Crippen LogP contribution in [0.5, 0.6) is 0 Å². The molecule has 1 aromatic rings. The van der Waals surface area contributed by atoms with E-state index in [1.807, 2.05) is 0 Å². The van der Waals surface area contributed by atoms with E-state index < -0.39 is 11.7 Å². The SMILES string of the molecule is CC(=O)Nc1nc(C(=NO)C(=O)O)cs1. The number of nitrogens with zero attached hydrogens (tertiary/aromatic N) is 2. The van der Waals surface area contributed by atoms with Crippen LogP contribution in [0.25, 0.3) is 0 Å². The van der Waals surface area contributed by atoms with E-state index in [4.69, 9.17) is 10.3 Å². The van der Waals surface area contributed by atoms with E-state index in [1.165, 1.54) is 12.3 Å². The lowest BCUT2D eigenvalue weighted by atomic mass is 10.3. The van der Waals surface area contributed by atoms with Crippen LogP contribution >= 0.6 is 11.3 Å². The van der Waals surface area contributed by atoms with E-state index in [9.17, 15) is 9.59 Å². The van der Waals surface area contributed by atoms with Crippen LogP contribution in [0.2, 0.25) is 0 Å². The number of anilines is 1. The van der Waals surface area contributed by atoms with Gasteiger partial charge in [-0.15, -0.1) is 11.3 Å². The monoisotopic (exact) mass is 229 g/mol. The molecule has 1 rings (SSSR count). The predicted octanol–water partition coefficient (Wildman–Crippen LogP) is 0.364. The summed E-state index contributed by atoms with van der Waals surface area (Å²) >= 11 is 1.04. The van der Waals surface area contributed by atoms with Gasteiger partial charge >= 0.3 is 5.97 Å². The van der Waals surface area contributed by atoms with Crippen LogP contribution < -0.4 is 5.32 Å². The third-order valence-electron chi connectivity index (χ3n) is 1.33. The first-order valence-corrected chi connectivity index (χ1v) is 4.61. The van der Waals surface area contributed by atoms with Gasteiger partial charge in [0.15, 0.2) is 5.13 Å². The van der Waals surface area contributed by atoms with E-state index in [-0.39, 0.29) is 16.7 Å². The summed E-state index contributed by atoms with van der Waals surface area (Å²) < 4.78 is 0. The fraction of sp³-hybridized carbons (Fsp3) is 0.143. The summed E-state index contributed by atoms with van der Waals surface area (Å²) in [5.41, 5.74) is -0.568. The first kappa shape index (κ1) is 11.1. The molecule has 15 heavy (non-hydrogen) atoms. The van der Waals surface area contributed by atoms with Crippen molar-refractivity contribution in [2.75, 3.05) is 5.32 Å². The van der Waals surface area contributed by atoms with E-state index >= 15 is 0 Å². The van der Waals surface area contributed by atoms with Crippen LogP contribution in [0.3, 0.4) is 0 Å². The van der Waals surface area contributed by atoms with Crippen molar-refractivity contribution in [1.82, 2.24) is 4.98 Å². The molecule has 0 spiro atoms. The van der Waals surface area contributed by atoms with Crippen LogP contribution in [0, 0.1) is 0 Å². The van der Waals surface area contributed by atoms with E-state index in [1.54, 1.807) is 0 Å². The summed E-state index contributed by atoms with van der Waals surface area (Å²) in [5.74, 6) is -1.70. The Kier molecular flexibility index (Phi) is 3.34. The molecule has 0 aliphatic heterocycles. The van der Waals surface area contributed by atoms with Crippen molar-refractivity contribution in [3.63, 3.8) is 0 Å². The van der Waals surface area contributed by atoms with Gasteiger partial charge in [-0.1, -0.05) is 5.16 Å². The van der Waals surface area contributed by atoms with Gasteiger partial charge in [0.25, 0.3) is 0 Å². The summed E-state index contributed by atoms with van der Waals surface area (Å²) in [7, 11) is 0. The third kappa shape index (κ3) is 2.74. The topological polar surface area (TPSA) is 112 Å². The average molecular weight is 229 g/mol. The normalized spacial score (nSPS) is 11.1. The Morgan fingerprint density at radius 3 is 2.73 bits per heavy atom. The molecule has 80 valence electrons. The number of carbonyl (C=O) groups is 2. The number of amides is 1. The number of oxime groups is 1. The molecule has 0 bridgehead atoms. The lowest BCUT2D eigenvalue weighted by Crippen LogP contribution is -2.15. The molecule has 3 N–H and O–H groups in total. The molecule has 0 radical (unpaired) electrons. The maximum atomic E-state index is 10.7. The smallest absolute Gasteiger partial charge is 0.360 e. The minimum Gasteiger partial charge on any atom is -0.476 e. The Hall–Kier alpha value is -1.96. The maximum Gasteiger partial charge on any atom is 0.360 e. The van der Waals surface area contributed by atoms with E-state index in [2.05, 4.69) is 15.5 Å². The number of aliphatic carboxylic acids is 1. The van der Waals surface area contributed by atoms with Crippen LogP contribution in [-0.2, 0) is 9.59 Å². The highest BCUT2D eigenvalue weighted by molar-refractivity contribution is 7.14. The molecule has 0 saturated heterocycles. The van der Waals surface area contributed by atoms with Crippen LogP contribution in [0.1, 0.15) is 12.6 Å². The van der Waals surface area contributed by atoms with Gasteiger partial charge in [0.1, 0.15) is 5.69 Å². The minimum absolute atomic E-state index is 0.00116. The van der Waals surface area contributed by atoms with Gasteiger partial charge in [-0.25, -0.2) is 9.78 Å². The molecule has 7 nitrogen and oxygen atoms in total. The van der Waals surface area contributed by atoms with Crippen molar-refractivity contribution >= 4 is 34.1 Å². The second-order valence-corrected chi connectivity index (χ2v) is 3.33. The zero-order chi connectivity index (χ0) is 11.4. The van der Waals surface area contributed by atoms with Crippen molar-refractivity contribution < 1.29 is 19.9 Å². The average Bonchev–Trinajstić information content (AvgIpc) is 2.52. The molecule has 1 amide bonds. The molecule has 0 unspecified atom stereocenters. The van der Waals surface area contributed by atoms with Gasteiger partial charge in [0.2, 0.25) is 11.6 Å². The Morgan fingerprint density at radius 1 is 1.60 bits per heavy atom. The molecule has 0 fully saturated rings. The quantitative estimate of drug-likeness (QED) is 0.393. The molecular weight excluding hydrogens is 222 g/mol. The molecule has 0 saturated carbocycles. The minimum atomic E-state index is -1.39. The largest absolute Gasteiger partial charge is 0.476 e. The Balaban J connectivity index is 2.93. The van der Waals surface area contributed by atoms with Crippen molar-refractivity contribution in [3.8, 4) is 0 Å². The van der Waals surface area contributed by atoms with Gasteiger partial charge in [-0.3, -0.25) is 4.79 Å². The number of hydrogen-bond acceptors (Lipinski definition) is 6. The molecule has 0 aromatic carbocycles. The summed E-state index contributed by atoms with van der Waals surface area (Å²) in [6, 6.07) is 0. The number of carboxylic acids is 1. The molecule has 0 atom stereocenters. The number of hydrogen-bond donors (Lipinski definition) is 3. The summed E-state index contributed by atoms with van der Waals surface area (Å²) in [5, 5.41) is 23.6. The molecule has 0 aliphatic carbocycles. The lowest BCUT2D eigenvalue weighted by Gasteiger charge is -1.94. The van der Waals surface area contributed by atoms with Gasteiger partial charge in [0, 0.05) is 12.3 Å². The fourth-order valence-electron chi connectivity index (χ4n) is 0.794. The van der Waals surface area contributed by atoms with Gasteiger partial charge in [-0.05, 0) is 0 Å². The molecule has 0 aliphatic rings. The number of carboxylic acid groups (broad SMARTS) is 1. The number of nitrogens with one attached hydrogen (secondary N) is 1. The van der Waals surface area contributed by atoms with Crippen molar-refractivity contribution in [2.45, 2.75) is 6.92 Å². The molecule has 1 heterocycles.